The molecule has 0 bridgehead atoms. The van der Waals surface area contributed by atoms with Crippen LogP contribution in [0.2, 0.25) is 0 Å². The number of Topliss-reactive ketones (excluding diaryl/α,β-unsaturated/α-hetero) is 1. The molecule has 3 aromatic carbocycles. The normalized spacial score (nSPS) is 13.1. The lowest BCUT2D eigenvalue weighted by molar-refractivity contribution is -0.140. The van der Waals surface area contributed by atoms with Crippen molar-refractivity contribution in [1.82, 2.24) is 0 Å². The Hall–Kier alpha value is -3.08. The molecule has 5 heteroatoms. The molecule has 3 aromatic rings. The van der Waals surface area contributed by atoms with Crippen molar-refractivity contribution >= 4 is 5.78 Å². The number of aromatic hydroxyl groups is 1. The number of halogens is 3. The van der Waals surface area contributed by atoms with Crippen molar-refractivity contribution in [2.75, 3.05) is 0 Å². The summed E-state index contributed by atoms with van der Waals surface area (Å²) in [7, 11) is 0. The SMILES string of the molecule is CC(C(=O)C(C)(C)Cc1ccccc1)c1cc(-c2ccccc2)cc(O)c1C(F)(F)F. The highest BCUT2D eigenvalue weighted by Crippen LogP contribution is 2.45. The van der Waals surface area contributed by atoms with Gasteiger partial charge in [0.2, 0.25) is 0 Å². The Morgan fingerprint density at radius 3 is 2.00 bits per heavy atom. The molecule has 0 radical (unpaired) electrons. The number of hydrogen-bond donors (Lipinski definition) is 1. The highest BCUT2D eigenvalue weighted by Gasteiger charge is 2.41. The molecule has 1 unspecified atom stereocenters. The van der Waals surface area contributed by atoms with Gasteiger partial charge in [0.15, 0.2) is 0 Å². The average Bonchev–Trinajstić information content (AvgIpc) is 2.72. The van der Waals surface area contributed by atoms with E-state index in [2.05, 4.69) is 0 Å². The van der Waals surface area contributed by atoms with Crippen molar-refractivity contribution in [1.29, 1.82) is 0 Å². The number of phenolic OH excluding ortho intramolecular Hbond substituents is 1. The lowest BCUT2D eigenvalue weighted by atomic mass is 9.74. The van der Waals surface area contributed by atoms with E-state index in [4.69, 9.17) is 0 Å². The molecular weight excluding hydrogens is 401 g/mol. The molecule has 31 heavy (non-hydrogen) atoms. The fourth-order valence-corrected chi connectivity index (χ4v) is 4.02. The lowest BCUT2D eigenvalue weighted by Crippen LogP contribution is -2.31. The van der Waals surface area contributed by atoms with Gasteiger partial charge in [0.1, 0.15) is 17.1 Å². The van der Waals surface area contributed by atoms with Gasteiger partial charge in [-0.1, -0.05) is 81.4 Å². The first-order valence-corrected chi connectivity index (χ1v) is 10.1. The largest absolute Gasteiger partial charge is 0.507 e. The van der Waals surface area contributed by atoms with E-state index in [1.54, 1.807) is 44.2 Å². The van der Waals surface area contributed by atoms with Gasteiger partial charge in [-0.05, 0) is 40.8 Å². The second kappa shape index (κ2) is 8.58. The first kappa shape index (κ1) is 22.6. The first-order chi connectivity index (χ1) is 14.5. The Balaban J connectivity index is 2.06. The monoisotopic (exact) mass is 426 g/mol. The molecular formula is C26H25F3O2. The van der Waals surface area contributed by atoms with Gasteiger partial charge in [-0.15, -0.1) is 0 Å². The molecule has 2 nitrogen and oxygen atoms in total. The second-order valence-electron chi connectivity index (χ2n) is 8.46. The van der Waals surface area contributed by atoms with Gasteiger partial charge < -0.3 is 5.11 Å². The Morgan fingerprint density at radius 2 is 1.45 bits per heavy atom. The zero-order valence-corrected chi connectivity index (χ0v) is 17.7. The summed E-state index contributed by atoms with van der Waals surface area (Å²) in [6, 6.07) is 20.7. The van der Waals surface area contributed by atoms with E-state index in [0.29, 0.717) is 17.5 Å². The van der Waals surface area contributed by atoms with Crippen LogP contribution in [-0.2, 0) is 17.4 Å². The van der Waals surface area contributed by atoms with Gasteiger partial charge in [-0.2, -0.15) is 13.2 Å². The number of carbonyl (C=O) groups is 1. The molecule has 0 aliphatic heterocycles. The highest BCUT2D eigenvalue weighted by atomic mass is 19.4. The number of rotatable bonds is 6. The van der Waals surface area contributed by atoms with Gasteiger partial charge in [-0.3, -0.25) is 4.79 Å². The van der Waals surface area contributed by atoms with E-state index < -0.39 is 28.8 Å². The fraction of sp³-hybridized carbons (Fsp3) is 0.269. The third kappa shape index (κ3) is 4.98. The van der Waals surface area contributed by atoms with E-state index in [0.717, 1.165) is 11.6 Å². The molecule has 0 saturated heterocycles. The molecule has 1 atom stereocenters. The number of benzene rings is 3. The van der Waals surface area contributed by atoms with Crippen molar-refractivity contribution in [2.45, 2.75) is 39.3 Å². The van der Waals surface area contributed by atoms with Gasteiger partial charge in [0, 0.05) is 11.3 Å². The first-order valence-electron chi connectivity index (χ1n) is 10.1. The average molecular weight is 426 g/mol. The van der Waals surface area contributed by atoms with Gasteiger partial charge in [-0.25, -0.2) is 0 Å². The molecule has 162 valence electrons. The minimum atomic E-state index is -4.78. The maximum atomic E-state index is 13.8. The van der Waals surface area contributed by atoms with Crippen molar-refractivity contribution in [3.05, 3.63) is 89.5 Å². The van der Waals surface area contributed by atoms with Crippen LogP contribution in [0.4, 0.5) is 13.2 Å². The molecule has 0 aliphatic carbocycles. The summed E-state index contributed by atoms with van der Waals surface area (Å²) >= 11 is 0. The lowest BCUT2D eigenvalue weighted by Gasteiger charge is -2.29. The summed E-state index contributed by atoms with van der Waals surface area (Å²) in [5.41, 5.74) is -0.217. The van der Waals surface area contributed by atoms with Gasteiger partial charge in [0.25, 0.3) is 0 Å². The molecule has 0 amide bonds. The maximum absolute atomic E-state index is 13.8. The van der Waals surface area contributed by atoms with Crippen molar-refractivity contribution in [3.8, 4) is 16.9 Å². The molecule has 1 N–H and O–H groups in total. The minimum absolute atomic E-state index is 0.211. The van der Waals surface area contributed by atoms with Crippen LogP contribution in [0.25, 0.3) is 11.1 Å². The van der Waals surface area contributed by atoms with E-state index in [9.17, 15) is 23.1 Å². The highest BCUT2D eigenvalue weighted by molar-refractivity contribution is 5.91. The van der Waals surface area contributed by atoms with E-state index in [1.165, 1.54) is 13.0 Å². The predicted octanol–water partition coefficient (Wildman–Crippen LogP) is 7.02. The summed E-state index contributed by atoms with van der Waals surface area (Å²) in [4.78, 5) is 13.4. The van der Waals surface area contributed by atoms with Crippen LogP contribution in [0.5, 0.6) is 5.75 Å². The van der Waals surface area contributed by atoms with Gasteiger partial charge >= 0.3 is 6.18 Å². The molecule has 0 fully saturated rings. The molecule has 0 aromatic heterocycles. The number of ketones is 1. The second-order valence-corrected chi connectivity index (χ2v) is 8.46. The summed E-state index contributed by atoms with van der Waals surface area (Å²) in [5.74, 6) is -2.24. The summed E-state index contributed by atoms with van der Waals surface area (Å²) < 4.78 is 41.5. The van der Waals surface area contributed by atoms with E-state index in [1.807, 2.05) is 30.3 Å². The third-order valence-corrected chi connectivity index (χ3v) is 5.55. The quantitative estimate of drug-likeness (QED) is 0.460. The van der Waals surface area contributed by atoms with Crippen LogP contribution in [0.1, 0.15) is 43.4 Å². The van der Waals surface area contributed by atoms with Crippen molar-refractivity contribution in [2.24, 2.45) is 5.41 Å². The number of phenols is 1. The molecule has 0 saturated carbocycles. The Bertz CT molecular complexity index is 1060. The standard InChI is InChI=1S/C26H25F3O2/c1-17(24(31)25(2,3)16-18-10-6-4-7-11-18)21-14-20(19-12-8-5-9-13-19)15-22(30)23(21)26(27,28)29/h4-15,17,30H,16H2,1-3H3. The smallest absolute Gasteiger partial charge is 0.420 e. The van der Waals surface area contributed by atoms with Crippen LogP contribution in [0, 0.1) is 5.41 Å². The number of hydrogen-bond acceptors (Lipinski definition) is 2. The molecule has 0 aliphatic rings. The predicted molar refractivity (Wildman–Crippen MR) is 116 cm³/mol. The fourth-order valence-electron chi connectivity index (χ4n) is 4.02. The zero-order valence-electron chi connectivity index (χ0n) is 17.7. The summed E-state index contributed by atoms with van der Waals surface area (Å²) in [6.45, 7) is 4.97. The maximum Gasteiger partial charge on any atom is 0.420 e. The van der Waals surface area contributed by atoms with Crippen LogP contribution < -0.4 is 0 Å². The van der Waals surface area contributed by atoms with Crippen LogP contribution >= 0.6 is 0 Å². The minimum Gasteiger partial charge on any atom is -0.507 e. The van der Waals surface area contributed by atoms with E-state index >= 15 is 0 Å². The molecule has 0 spiro atoms. The number of alkyl halides is 3. The summed E-state index contributed by atoms with van der Waals surface area (Å²) in [5, 5.41) is 10.3. The van der Waals surface area contributed by atoms with E-state index in [-0.39, 0.29) is 11.3 Å². The molecule has 0 heterocycles. The van der Waals surface area contributed by atoms with Crippen LogP contribution in [-0.4, -0.2) is 10.9 Å². The Kier molecular flexibility index (Phi) is 6.25. The van der Waals surface area contributed by atoms with Crippen molar-refractivity contribution < 1.29 is 23.1 Å². The third-order valence-electron chi connectivity index (χ3n) is 5.55. The van der Waals surface area contributed by atoms with Crippen LogP contribution in [0.3, 0.4) is 0 Å². The zero-order chi connectivity index (χ0) is 22.8. The van der Waals surface area contributed by atoms with Gasteiger partial charge in [0.05, 0.1) is 0 Å². The Labute approximate surface area is 180 Å². The Morgan fingerprint density at radius 1 is 0.903 bits per heavy atom. The number of carbonyl (C=O) groups excluding carboxylic acids is 1. The van der Waals surface area contributed by atoms with Crippen molar-refractivity contribution in [3.63, 3.8) is 0 Å². The topological polar surface area (TPSA) is 37.3 Å². The molecule has 3 rings (SSSR count). The van der Waals surface area contributed by atoms with Crippen LogP contribution in [0.15, 0.2) is 72.8 Å². The summed E-state index contributed by atoms with van der Waals surface area (Å²) in [6.07, 6.45) is -4.38.